The summed E-state index contributed by atoms with van der Waals surface area (Å²) >= 11 is 0. The Labute approximate surface area is 505 Å². The number of ether oxygens (including phenoxy) is 2. The van der Waals surface area contributed by atoms with Crippen molar-refractivity contribution in [1.29, 1.82) is 0 Å². The fourth-order valence-corrected chi connectivity index (χ4v) is 9.52. The number of primary sulfonamides is 1. The Morgan fingerprint density at radius 3 is 1.45 bits per heavy atom. The minimum Gasteiger partial charge on any atom is -0.476 e. The number of halogens is 5. The summed E-state index contributed by atoms with van der Waals surface area (Å²) in [5.74, 6) is -5.34. The molecule has 0 spiro atoms. The van der Waals surface area contributed by atoms with Gasteiger partial charge in [-0.1, -0.05) is 68.7 Å². The van der Waals surface area contributed by atoms with Crippen LogP contribution >= 0.6 is 12.4 Å². The number of sulfone groups is 1. The first-order valence-corrected chi connectivity index (χ1v) is 29.6. The van der Waals surface area contributed by atoms with Crippen LogP contribution in [0.5, 0.6) is 11.8 Å². The van der Waals surface area contributed by atoms with Crippen molar-refractivity contribution in [2.24, 2.45) is 10.6 Å². The lowest BCUT2D eigenvalue weighted by molar-refractivity contribution is -0.193. The van der Waals surface area contributed by atoms with Crippen LogP contribution in [-0.4, -0.2) is 114 Å². The number of hydrogen-bond acceptors (Lipinski definition) is 16. The van der Waals surface area contributed by atoms with Crippen LogP contribution in [-0.2, 0) is 56.5 Å². The fraction of sp³-hybridized carbons (Fsp3) is 0.448. The molecule has 0 aliphatic heterocycles. The monoisotopic (exact) mass is 1270 g/mol. The van der Waals surface area contributed by atoms with E-state index >= 15 is 4.39 Å². The number of hydrogen-bond donors (Lipinski definition) is 2. The molecule has 4 aromatic heterocycles. The van der Waals surface area contributed by atoms with Gasteiger partial charge in [-0.25, -0.2) is 63.7 Å². The molecule has 86 heavy (non-hydrogen) atoms. The predicted octanol–water partition coefficient (Wildman–Crippen LogP) is 10.3. The third-order valence-electron chi connectivity index (χ3n) is 12.0. The van der Waals surface area contributed by atoms with Crippen molar-refractivity contribution in [3.8, 4) is 34.0 Å². The van der Waals surface area contributed by atoms with Crippen LogP contribution in [0, 0.1) is 35.6 Å². The summed E-state index contributed by atoms with van der Waals surface area (Å²) in [5, 5.41) is 20.3. The molecule has 6 aromatic rings. The molecule has 0 aliphatic carbocycles. The molecule has 1 amide bonds. The van der Waals surface area contributed by atoms with E-state index in [1.807, 2.05) is 34.6 Å². The second-order valence-electron chi connectivity index (χ2n) is 22.7. The number of benzene rings is 2. The van der Waals surface area contributed by atoms with Crippen LogP contribution in [0.4, 0.5) is 17.6 Å². The highest BCUT2D eigenvalue weighted by molar-refractivity contribution is 7.90. The van der Waals surface area contributed by atoms with E-state index in [-0.39, 0.29) is 78.6 Å². The molecule has 0 unspecified atom stereocenters. The Morgan fingerprint density at radius 2 is 1.07 bits per heavy atom. The third kappa shape index (κ3) is 20.5. The van der Waals surface area contributed by atoms with Crippen LogP contribution in [0.25, 0.3) is 22.3 Å². The summed E-state index contributed by atoms with van der Waals surface area (Å²) < 4.78 is 120. The van der Waals surface area contributed by atoms with Crippen molar-refractivity contribution in [2.75, 3.05) is 33.6 Å². The molecule has 0 fully saturated rings. The average molecular weight is 1270 g/mol. The maximum atomic E-state index is 15.0. The van der Waals surface area contributed by atoms with Gasteiger partial charge in [0.15, 0.2) is 32.9 Å². The number of aromatic nitrogens is 6. The van der Waals surface area contributed by atoms with E-state index in [1.54, 1.807) is 44.2 Å². The predicted molar refractivity (Wildman–Crippen MR) is 312 cm³/mol. The lowest BCUT2D eigenvalue weighted by Crippen LogP contribution is -2.38. The Bertz CT molecular complexity index is 3630. The van der Waals surface area contributed by atoms with Gasteiger partial charge >= 0.3 is 18.3 Å². The van der Waals surface area contributed by atoms with Crippen molar-refractivity contribution in [1.82, 2.24) is 34.4 Å². The lowest BCUT2D eigenvalue weighted by atomic mass is 9.80. The van der Waals surface area contributed by atoms with Crippen molar-refractivity contribution in [2.45, 2.75) is 143 Å². The van der Waals surface area contributed by atoms with Gasteiger partial charge in [-0.2, -0.15) is 29.4 Å². The molecule has 21 nitrogen and oxygen atoms in total. The molecule has 6 rings (SSSR count). The van der Waals surface area contributed by atoms with E-state index in [0.29, 0.717) is 23.1 Å². The minimum atomic E-state index is -4.54. The molecule has 4 heterocycles. The first-order valence-electron chi connectivity index (χ1n) is 26.2. The molecule has 0 saturated carbocycles. The largest absolute Gasteiger partial charge is 0.476 e. The van der Waals surface area contributed by atoms with Crippen LogP contribution in [0.2, 0.25) is 0 Å². The van der Waals surface area contributed by atoms with Crippen LogP contribution in [0.15, 0.2) is 71.0 Å². The van der Waals surface area contributed by atoms with Gasteiger partial charge in [-0.3, -0.25) is 4.79 Å². The van der Waals surface area contributed by atoms with Crippen molar-refractivity contribution in [3.05, 3.63) is 118 Å². The Balaban J connectivity index is 0.000000748. The van der Waals surface area contributed by atoms with E-state index < -0.39 is 75.9 Å². The number of sulfonamides is 1. The maximum Gasteiger partial charge on any atom is 0.373 e. The van der Waals surface area contributed by atoms with Gasteiger partial charge in [0, 0.05) is 44.9 Å². The molecule has 28 heteroatoms. The third-order valence-corrected chi connectivity index (χ3v) is 13.8. The second-order valence-corrected chi connectivity index (χ2v) is 26.1. The number of nitrogens with zero attached hydrogens (tertiary/aromatic N) is 7. The lowest BCUT2D eigenvalue weighted by Gasteiger charge is -2.27. The number of rotatable bonds is 17. The number of carboxylic acid groups (broad SMARTS) is 1. The highest BCUT2D eigenvalue weighted by atomic mass is 35.5. The number of carbonyl (C=O) groups is 2. The van der Waals surface area contributed by atoms with E-state index in [0.717, 1.165) is 48.3 Å². The second kappa shape index (κ2) is 31.6. The molecule has 0 saturated heterocycles. The number of amides is 1. The maximum absolute atomic E-state index is 15.0. The first-order chi connectivity index (χ1) is 39.1. The van der Waals surface area contributed by atoms with E-state index in [4.69, 9.17) is 33.8 Å². The van der Waals surface area contributed by atoms with Gasteiger partial charge in [0.25, 0.3) is 15.9 Å². The van der Waals surface area contributed by atoms with Gasteiger partial charge in [-0.15, -0.1) is 12.4 Å². The number of nitrogens with two attached hydrogens (primary N) is 1. The molecule has 0 radical (unpaired) electrons. The van der Waals surface area contributed by atoms with E-state index in [1.165, 1.54) is 65.0 Å². The normalized spacial score (nSPS) is 11.4. The van der Waals surface area contributed by atoms with Gasteiger partial charge in [0.1, 0.15) is 24.8 Å². The molecule has 0 atom stereocenters. The molecule has 0 aliphatic rings. The Kier molecular flexibility index (Phi) is 28.1. The molecular formula is C58H75ClF4N8O13S2. The first kappa shape index (κ1) is 76.3. The number of pyridine rings is 2. The summed E-state index contributed by atoms with van der Waals surface area (Å²) in [7, 11) is -5.86. The van der Waals surface area contributed by atoms with Gasteiger partial charge in [0.2, 0.25) is 21.8 Å². The van der Waals surface area contributed by atoms with Gasteiger partial charge < -0.3 is 19.5 Å². The van der Waals surface area contributed by atoms with Crippen molar-refractivity contribution >= 4 is 56.4 Å². The molecule has 3 N–H and O–H groups in total. The molecule has 2 aromatic carbocycles. The summed E-state index contributed by atoms with van der Waals surface area (Å²) in [5.41, 5.74) is 2.56. The molecular weight excluding hydrogens is 1190 g/mol. The zero-order chi connectivity index (χ0) is 65.5. The molecule has 472 valence electrons. The number of carboxylic acids is 1. The highest BCUT2D eigenvalue weighted by Gasteiger charge is 2.38. The van der Waals surface area contributed by atoms with Crippen molar-refractivity contribution < 1.29 is 77.7 Å². The summed E-state index contributed by atoms with van der Waals surface area (Å²) in [6, 6.07) is 12.8. The Morgan fingerprint density at radius 1 is 0.686 bits per heavy atom. The highest BCUT2D eigenvalue weighted by Crippen LogP contribution is 2.38. The van der Waals surface area contributed by atoms with Gasteiger partial charge in [-0.05, 0) is 139 Å². The van der Waals surface area contributed by atoms with Crippen LogP contribution < -0.4 is 14.6 Å². The van der Waals surface area contributed by atoms with Crippen molar-refractivity contribution in [3.63, 3.8) is 0 Å². The SMILES string of the molecule is CC(C)c1cc(F)cc(-c2ccnc(OCC(C)(C)n3nc(S(C)(=O)=O)c(F)c3C(=O)O)c2)c1CC(C)(C)C.CCC.Cc1c(-c2ccnc(OCC(C)(C)n3nc(S(N)(=O)=O)c(F)c3C(=O)N(C)C)c2)cc(F)cc1C(C)C.Cl.O=C=O.O=C=O. The number of carbonyl (C=O) groups excluding carboxylic acids is 5. The van der Waals surface area contributed by atoms with Crippen LogP contribution in [0.1, 0.15) is 151 Å². The van der Waals surface area contributed by atoms with E-state index in [9.17, 15) is 44.7 Å². The quantitative estimate of drug-likeness (QED) is 0.0802. The zero-order valence-electron chi connectivity index (χ0n) is 51.0. The molecule has 0 bridgehead atoms. The van der Waals surface area contributed by atoms with Gasteiger partial charge in [0.05, 0.1) is 11.1 Å². The minimum absolute atomic E-state index is 0. The summed E-state index contributed by atoms with van der Waals surface area (Å²) in [6.07, 6.45) is 6.26. The topological polar surface area (TPSA) is 300 Å². The Hall–Kier alpha value is -7.67. The average Bonchev–Trinajstić information content (AvgIpc) is 2.59. The fourth-order valence-electron chi connectivity index (χ4n) is 8.33. The van der Waals surface area contributed by atoms with E-state index in [2.05, 4.69) is 54.8 Å². The zero-order valence-corrected chi connectivity index (χ0v) is 53.5. The van der Waals surface area contributed by atoms with Crippen LogP contribution in [0.3, 0.4) is 0 Å². The number of aromatic carboxylic acids is 1. The standard InChI is InChI=1S/C28H35F2N3O5S.C25H31F2N5O4S.C3H8.2CO2.ClH/c1-16(2)19-12-18(29)13-20(21(19)14-27(3,4)5)17-9-10-31-22(11-17)38-15-28(6,7)33-24(26(34)35)23(30)25(32-33)39(8,36)37;1-14(2)18-11-17(26)12-19(15(18)3)16-8-9-29-20(10-16)36-13-25(4,5)32-22(24(33)31(6)7)21(27)23(30-32)37(28,34)35;1-3-2;2*2-1-3;/h9-13,16H,14-15H2,1-8H3,(H,34,35);8-12,14H,13H2,1-7H3,(H2,28,34,35);3H2,1-2H3;;;1H. The smallest absolute Gasteiger partial charge is 0.373 e. The summed E-state index contributed by atoms with van der Waals surface area (Å²) in [4.78, 5) is 66.5. The summed E-state index contributed by atoms with van der Waals surface area (Å²) in [6.45, 7) is 26.4.